The van der Waals surface area contributed by atoms with Gasteiger partial charge in [0.05, 0.1) is 5.39 Å². The van der Waals surface area contributed by atoms with E-state index >= 15 is 0 Å². The van der Waals surface area contributed by atoms with Crippen molar-refractivity contribution in [2.24, 2.45) is 0 Å². The zero-order chi connectivity index (χ0) is 13.5. The number of nitrogens with one attached hydrogen (secondary N) is 1. The molecule has 1 N–H and O–H groups in total. The van der Waals surface area contributed by atoms with E-state index in [1.165, 1.54) is 31.4 Å². The van der Waals surface area contributed by atoms with E-state index < -0.39 is 0 Å². The lowest BCUT2D eigenvalue weighted by molar-refractivity contribution is 0.688. The van der Waals surface area contributed by atoms with Crippen LogP contribution in [0.25, 0.3) is 10.2 Å². The first-order valence-electron chi connectivity index (χ1n) is 6.45. The molecular formula is C13H18ClN3S2. The van der Waals surface area contributed by atoms with Crippen LogP contribution in [0.15, 0.2) is 11.4 Å². The Kier molecular flexibility index (Phi) is 6.20. The number of anilines is 1. The fourth-order valence-corrected chi connectivity index (χ4v) is 3.37. The van der Waals surface area contributed by atoms with Gasteiger partial charge in [-0.25, -0.2) is 9.97 Å². The van der Waals surface area contributed by atoms with E-state index in [-0.39, 0.29) is 0 Å². The number of unbranched alkanes of at least 4 members (excludes halogenated alkanes) is 3. The Labute approximate surface area is 127 Å². The van der Waals surface area contributed by atoms with Crippen molar-refractivity contribution in [3.63, 3.8) is 0 Å². The highest BCUT2D eigenvalue weighted by Gasteiger charge is 2.06. The van der Waals surface area contributed by atoms with Crippen molar-refractivity contribution in [2.45, 2.75) is 25.7 Å². The van der Waals surface area contributed by atoms with Crippen molar-refractivity contribution in [3.05, 3.63) is 16.7 Å². The molecule has 0 radical (unpaired) electrons. The van der Waals surface area contributed by atoms with Gasteiger partial charge in [-0.05, 0) is 47.9 Å². The molecule has 0 saturated carbocycles. The van der Waals surface area contributed by atoms with E-state index in [0.717, 1.165) is 22.6 Å². The molecule has 0 amide bonds. The quantitative estimate of drug-likeness (QED) is 0.567. The topological polar surface area (TPSA) is 37.8 Å². The molecule has 2 rings (SSSR count). The van der Waals surface area contributed by atoms with E-state index in [0.29, 0.717) is 5.28 Å². The molecule has 0 fully saturated rings. The van der Waals surface area contributed by atoms with Gasteiger partial charge in [0.2, 0.25) is 5.28 Å². The van der Waals surface area contributed by atoms with Crippen molar-refractivity contribution in [3.8, 4) is 0 Å². The van der Waals surface area contributed by atoms with Gasteiger partial charge in [0.15, 0.2) is 0 Å². The molecule has 104 valence electrons. The van der Waals surface area contributed by atoms with Gasteiger partial charge in [-0.2, -0.15) is 11.8 Å². The number of fused-ring (bicyclic) bond motifs is 1. The molecule has 19 heavy (non-hydrogen) atoms. The van der Waals surface area contributed by atoms with Crippen LogP contribution < -0.4 is 5.32 Å². The molecule has 2 aromatic rings. The Balaban J connectivity index is 1.79. The third-order valence-electron chi connectivity index (χ3n) is 2.87. The Morgan fingerprint density at radius 2 is 2.11 bits per heavy atom. The van der Waals surface area contributed by atoms with E-state index in [9.17, 15) is 0 Å². The van der Waals surface area contributed by atoms with Gasteiger partial charge in [0.1, 0.15) is 10.6 Å². The summed E-state index contributed by atoms with van der Waals surface area (Å²) in [6, 6.07) is 2.04. The Morgan fingerprint density at radius 1 is 1.26 bits per heavy atom. The lowest BCUT2D eigenvalue weighted by atomic mass is 10.2. The maximum absolute atomic E-state index is 5.92. The second kappa shape index (κ2) is 7.92. The van der Waals surface area contributed by atoms with Crippen molar-refractivity contribution in [1.82, 2.24) is 9.97 Å². The molecule has 0 saturated heterocycles. The molecule has 0 aliphatic heterocycles. The van der Waals surface area contributed by atoms with Crippen molar-refractivity contribution < 1.29 is 0 Å². The molecule has 0 aliphatic carbocycles. The number of aromatic nitrogens is 2. The van der Waals surface area contributed by atoms with Gasteiger partial charge in [0.25, 0.3) is 0 Å². The zero-order valence-electron chi connectivity index (χ0n) is 11.0. The second-order valence-electron chi connectivity index (χ2n) is 4.31. The maximum Gasteiger partial charge on any atom is 0.225 e. The summed E-state index contributed by atoms with van der Waals surface area (Å²) in [7, 11) is 0. The highest BCUT2D eigenvalue weighted by molar-refractivity contribution is 7.98. The summed E-state index contributed by atoms with van der Waals surface area (Å²) < 4.78 is 0. The smallest absolute Gasteiger partial charge is 0.225 e. The van der Waals surface area contributed by atoms with Gasteiger partial charge < -0.3 is 5.32 Å². The van der Waals surface area contributed by atoms with Gasteiger partial charge in [-0.15, -0.1) is 11.3 Å². The lowest BCUT2D eigenvalue weighted by Gasteiger charge is -2.06. The predicted molar refractivity (Wildman–Crippen MR) is 87.8 cm³/mol. The number of halogens is 1. The molecule has 6 heteroatoms. The fourth-order valence-electron chi connectivity index (χ4n) is 1.90. The van der Waals surface area contributed by atoms with Gasteiger partial charge in [-0.1, -0.05) is 12.8 Å². The summed E-state index contributed by atoms with van der Waals surface area (Å²) in [5.41, 5.74) is 0. The number of nitrogens with zero attached hydrogens (tertiary/aromatic N) is 2. The summed E-state index contributed by atoms with van der Waals surface area (Å²) in [6.45, 7) is 0.942. The standard InChI is InChI=1S/C13H18ClN3S2/c1-18-8-5-3-2-4-7-15-11-10-6-9-19-12(10)17-13(14)16-11/h6,9H,2-5,7-8H2,1H3,(H,15,16,17). The number of rotatable bonds is 8. The van der Waals surface area contributed by atoms with Crippen LogP contribution in [0.2, 0.25) is 5.28 Å². The Bertz CT molecular complexity index is 516. The van der Waals surface area contributed by atoms with Gasteiger partial charge in [-0.3, -0.25) is 0 Å². The molecule has 2 aromatic heterocycles. The first kappa shape index (κ1) is 14.9. The lowest BCUT2D eigenvalue weighted by Crippen LogP contribution is -2.04. The van der Waals surface area contributed by atoms with Gasteiger partial charge in [0, 0.05) is 6.54 Å². The molecular weight excluding hydrogens is 298 g/mol. The molecule has 3 nitrogen and oxygen atoms in total. The fraction of sp³-hybridized carbons (Fsp3) is 0.538. The normalized spacial score (nSPS) is 11.1. The minimum Gasteiger partial charge on any atom is -0.369 e. The average molecular weight is 316 g/mol. The van der Waals surface area contributed by atoms with E-state index in [1.54, 1.807) is 11.3 Å². The second-order valence-corrected chi connectivity index (χ2v) is 6.53. The molecule has 0 spiro atoms. The third-order valence-corrected chi connectivity index (χ3v) is 4.54. The first-order chi connectivity index (χ1) is 9.31. The molecule has 0 aliphatic rings. The van der Waals surface area contributed by atoms with Gasteiger partial charge >= 0.3 is 0 Å². The van der Waals surface area contributed by atoms with Crippen LogP contribution >= 0.6 is 34.7 Å². The molecule has 0 bridgehead atoms. The summed E-state index contributed by atoms with van der Waals surface area (Å²) >= 11 is 9.43. The number of hydrogen-bond donors (Lipinski definition) is 1. The van der Waals surface area contributed by atoms with E-state index in [2.05, 4.69) is 21.5 Å². The van der Waals surface area contributed by atoms with Crippen LogP contribution in [0, 0.1) is 0 Å². The first-order valence-corrected chi connectivity index (χ1v) is 9.10. The van der Waals surface area contributed by atoms with Crippen LogP contribution in [0.3, 0.4) is 0 Å². The summed E-state index contributed by atoms with van der Waals surface area (Å²) in [5, 5.41) is 6.77. The average Bonchev–Trinajstić information content (AvgIpc) is 2.85. The predicted octanol–water partition coefficient (Wildman–Crippen LogP) is 4.68. The Hall–Kier alpha value is -0.520. The summed E-state index contributed by atoms with van der Waals surface area (Å²) in [6.07, 6.45) is 7.21. The summed E-state index contributed by atoms with van der Waals surface area (Å²) in [4.78, 5) is 9.42. The van der Waals surface area contributed by atoms with E-state index in [4.69, 9.17) is 11.6 Å². The largest absolute Gasteiger partial charge is 0.369 e. The SMILES string of the molecule is CSCCCCCCNc1nc(Cl)nc2sccc12. The van der Waals surface area contributed by atoms with Crippen molar-refractivity contribution in [1.29, 1.82) is 0 Å². The molecule has 0 unspecified atom stereocenters. The van der Waals surface area contributed by atoms with Crippen molar-refractivity contribution in [2.75, 3.05) is 23.9 Å². The molecule has 0 aromatic carbocycles. The summed E-state index contributed by atoms with van der Waals surface area (Å²) in [5.74, 6) is 2.13. The van der Waals surface area contributed by atoms with Crippen LogP contribution in [-0.4, -0.2) is 28.5 Å². The highest BCUT2D eigenvalue weighted by atomic mass is 35.5. The number of hydrogen-bond acceptors (Lipinski definition) is 5. The van der Waals surface area contributed by atoms with Crippen LogP contribution in [-0.2, 0) is 0 Å². The van der Waals surface area contributed by atoms with E-state index in [1.807, 2.05) is 23.2 Å². The number of thioether (sulfide) groups is 1. The minimum absolute atomic E-state index is 0.317. The van der Waals surface area contributed by atoms with Crippen molar-refractivity contribution >= 4 is 50.7 Å². The number of thiophene rings is 1. The molecule has 2 heterocycles. The highest BCUT2D eigenvalue weighted by Crippen LogP contribution is 2.26. The maximum atomic E-state index is 5.92. The minimum atomic E-state index is 0.317. The van der Waals surface area contributed by atoms with Crippen LogP contribution in [0.1, 0.15) is 25.7 Å². The third kappa shape index (κ3) is 4.51. The zero-order valence-corrected chi connectivity index (χ0v) is 13.4. The Morgan fingerprint density at radius 3 is 2.95 bits per heavy atom. The van der Waals surface area contributed by atoms with Crippen LogP contribution in [0.5, 0.6) is 0 Å². The van der Waals surface area contributed by atoms with Crippen LogP contribution in [0.4, 0.5) is 5.82 Å². The monoisotopic (exact) mass is 315 g/mol. The molecule has 0 atom stereocenters.